The molecule has 1 aromatic heterocycles. The number of guanidine groups is 1. The van der Waals surface area contributed by atoms with Crippen LogP contribution >= 0.6 is 11.6 Å². The van der Waals surface area contributed by atoms with E-state index in [0.717, 1.165) is 42.7 Å². The number of halogens is 1. The first kappa shape index (κ1) is 17.6. The molecule has 1 fully saturated rings. The molecule has 3 rings (SSSR count). The Morgan fingerprint density at radius 1 is 1.24 bits per heavy atom. The van der Waals surface area contributed by atoms with Crippen molar-refractivity contribution in [1.82, 2.24) is 10.1 Å². The lowest BCUT2D eigenvalue weighted by molar-refractivity contribution is 0.368. The molecule has 7 heteroatoms. The van der Waals surface area contributed by atoms with Crippen molar-refractivity contribution in [3.8, 4) is 0 Å². The topological polar surface area (TPSA) is 70.9 Å². The molecule has 6 nitrogen and oxygen atoms in total. The number of hydrogen-bond acceptors (Lipinski definition) is 4. The van der Waals surface area contributed by atoms with Crippen LogP contribution in [0.4, 0.5) is 5.69 Å². The Kier molecular flexibility index (Phi) is 5.48. The predicted molar refractivity (Wildman–Crippen MR) is 101 cm³/mol. The third-order valence-electron chi connectivity index (χ3n) is 4.36. The van der Waals surface area contributed by atoms with Gasteiger partial charge >= 0.3 is 0 Å². The fourth-order valence-electron chi connectivity index (χ4n) is 2.78. The van der Waals surface area contributed by atoms with E-state index in [2.05, 4.69) is 33.8 Å². The highest BCUT2D eigenvalue weighted by Gasteiger charge is 2.18. The van der Waals surface area contributed by atoms with Gasteiger partial charge < -0.3 is 20.1 Å². The van der Waals surface area contributed by atoms with Crippen LogP contribution in [0.25, 0.3) is 0 Å². The zero-order chi connectivity index (χ0) is 17.8. The highest BCUT2D eigenvalue weighted by Crippen LogP contribution is 2.19. The van der Waals surface area contributed by atoms with Gasteiger partial charge in [-0.25, -0.2) is 4.99 Å². The van der Waals surface area contributed by atoms with Crippen LogP contribution in [0, 0.1) is 0 Å². The molecular formula is C18H24ClN5O. The molecule has 1 aliphatic rings. The molecule has 0 unspecified atom stereocenters. The van der Waals surface area contributed by atoms with Crippen molar-refractivity contribution in [2.45, 2.75) is 26.3 Å². The lowest BCUT2D eigenvalue weighted by atomic mass is 10.1. The molecule has 1 aromatic carbocycles. The van der Waals surface area contributed by atoms with Crippen molar-refractivity contribution in [2.75, 3.05) is 31.1 Å². The molecule has 134 valence electrons. The summed E-state index contributed by atoms with van der Waals surface area (Å²) in [6.45, 7) is 8.06. The van der Waals surface area contributed by atoms with Gasteiger partial charge in [0.25, 0.3) is 0 Å². The van der Waals surface area contributed by atoms with E-state index in [1.165, 1.54) is 5.69 Å². The number of anilines is 1. The smallest absolute Gasteiger partial charge is 0.191 e. The first-order valence-electron chi connectivity index (χ1n) is 8.54. The molecule has 0 saturated carbocycles. The van der Waals surface area contributed by atoms with Crippen LogP contribution in [0.5, 0.6) is 0 Å². The molecule has 2 aromatic rings. The average Bonchev–Trinajstić information content (AvgIpc) is 3.10. The summed E-state index contributed by atoms with van der Waals surface area (Å²) < 4.78 is 5.30. The first-order valence-corrected chi connectivity index (χ1v) is 8.91. The number of rotatable bonds is 4. The molecule has 0 bridgehead atoms. The van der Waals surface area contributed by atoms with Crippen LogP contribution in [-0.4, -0.2) is 42.2 Å². The maximum Gasteiger partial charge on any atom is 0.191 e. The fourth-order valence-corrected chi connectivity index (χ4v) is 2.91. The number of benzene rings is 1. The van der Waals surface area contributed by atoms with Crippen LogP contribution in [0.3, 0.4) is 0 Å². The zero-order valence-corrected chi connectivity index (χ0v) is 15.4. The standard InChI is InChI=1S/C18H24ClN5O/c1-13(2)17-11-16(25-22-17)12-21-18(20)24-9-7-23(8-10-24)15-5-3-14(19)4-6-15/h3-6,11,13H,7-10,12H2,1-2H3,(H2,20,21). The number of aliphatic imine (C=N–C) groups is 1. The molecule has 1 aliphatic heterocycles. The van der Waals surface area contributed by atoms with Crippen molar-refractivity contribution < 1.29 is 4.52 Å². The summed E-state index contributed by atoms with van der Waals surface area (Å²) in [6.07, 6.45) is 0. The van der Waals surface area contributed by atoms with Gasteiger partial charge in [-0.05, 0) is 30.2 Å². The quantitative estimate of drug-likeness (QED) is 0.669. The van der Waals surface area contributed by atoms with Gasteiger partial charge in [-0.3, -0.25) is 0 Å². The Morgan fingerprint density at radius 2 is 1.92 bits per heavy atom. The maximum atomic E-state index is 6.14. The van der Waals surface area contributed by atoms with E-state index in [9.17, 15) is 0 Å². The number of hydrogen-bond donors (Lipinski definition) is 1. The van der Waals surface area contributed by atoms with Gasteiger partial charge in [0, 0.05) is 43.0 Å². The molecule has 2 heterocycles. The van der Waals surface area contributed by atoms with Crippen LogP contribution in [-0.2, 0) is 6.54 Å². The predicted octanol–water partition coefficient (Wildman–Crippen LogP) is 3.09. The second-order valence-corrected chi connectivity index (χ2v) is 6.93. The first-order chi connectivity index (χ1) is 12.0. The number of aromatic nitrogens is 1. The van der Waals surface area contributed by atoms with Crippen LogP contribution in [0.2, 0.25) is 5.02 Å². The minimum atomic E-state index is 0.347. The van der Waals surface area contributed by atoms with Gasteiger partial charge in [-0.15, -0.1) is 0 Å². The van der Waals surface area contributed by atoms with Crippen LogP contribution in [0.1, 0.15) is 31.2 Å². The molecule has 1 saturated heterocycles. The van der Waals surface area contributed by atoms with Crippen molar-refractivity contribution in [3.63, 3.8) is 0 Å². The summed E-state index contributed by atoms with van der Waals surface area (Å²) in [6, 6.07) is 9.88. The zero-order valence-electron chi connectivity index (χ0n) is 14.7. The SMILES string of the molecule is CC(C)c1cc(CN=C(N)N2CCN(c3ccc(Cl)cc3)CC2)on1. The minimum Gasteiger partial charge on any atom is -0.370 e. The Hall–Kier alpha value is -2.21. The van der Waals surface area contributed by atoms with Gasteiger partial charge in [0.1, 0.15) is 6.54 Å². The van der Waals surface area contributed by atoms with E-state index in [4.69, 9.17) is 21.9 Å². The average molecular weight is 362 g/mol. The van der Waals surface area contributed by atoms with Gasteiger partial charge in [-0.1, -0.05) is 30.6 Å². The molecule has 0 spiro atoms. The Morgan fingerprint density at radius 3 is 2.52 bits per heavy atom. The molecule has 2 N–H and O–H groups in total. The van der Waals surface area contributed by atoms with Crippen molar-refractivity contribution in [2.24, 2.45) is 10.7 Å². The van der Waals surface area contributed by atoms with E-state index in [0.29, 0.717) is 18.4 Å². The van der Waals surface area contributed by atoms with E-state index >= 15 is 0 Å². The Bertz CT molecular complexity index is 717. The second-order valence-electron chi connectivity index (χ2n) is 6.50. The molecular weight excluding hydrogens is 338 g/mol. The van der Waals surface area contributed by atoms with Gasteiger partial charge in [0.05, 0.1) is 5.69 Å². The normalized spacial score (nSPS) is 15.9. The fraction of sp³-hybridized carbons (Fsp3) is 0.444. The maximum absolute atomic E-state index is 6.14. The van der Waals surface area contributed by atoms with Crippen LogP contribution in [0.15, 0.2) is 39.8 Å². The van der Waals surface area contributed by atoms with Crippen molar-refractivity contribution >= 4 is 23.2 Å². The second kappa shape index (κ2) is 7.78. The molecule has 0 amide bonds. The number of piperazine rings is 1. The van der Waals surface area contributed by atoms with Crippen LogP contribution < -0.4 is 10.6 Å². The molecule has 0 atom stereocenters. The largest absolute Gasteiger partial charge is 0.370 e. The van der Waals surface area contributed by atoms with Crippen molar-refractivity contribution in [1.29, 1.82) is 0 Å². The molecule has 0 aliphatic carbocycles. The summed E-state index contributed by atoms with van der Waals surface area (Å²) in [5, 5.41) is 4.80. The van der Waals surface area contributed by atoms with Gasteiger partial charge in [-0.2, -0.15) is 0 Å². The Labute approximate surface area is 153 Å². The third-order valence-corrected chi connectivity index (χ3v) is 4.61. The van der Waals surface area contributed by atoms with Gasteiger partial charge in [0.2, 0.25) is 0 Å². The van der Waals surface area contributed by atoms with E-state index in [1.54, 1.807) is 0 Å². The molecule has 0 radical (unpaired) electrons. The summed E-state index contributed by atoms with van der Waals surface area (Å²) in [5.41, 5.74) is 8.27. The monoisotopic (exact) mass is 361 g/mol. The number of nitrogens with two attached hydrogens (primary N) is 1. The van der Waals surface area contributed by atoms with E-state index in [1.807, 2.05) is 30.3 Å². The summed E-state index contributed by atoms with van der Waals surface area (Å²) in [5.74, 6) is 1.64. The summed E-state index contributed by atoms with van der Waals surface area (Å²) in [4.78, 5) is 8.88. The highest BCUT2D eigenvalue weighted by molar-refractivity contribution is 6.30. The molecule has 25 heavy (non-hydrogen) atoms. The number of nitrogens with zero attached hydrogens (tertiary/aromatic N) is 4. The lowest BCUT2D eigenvalue weighted by Crippen LogP contribution is -2.51. The van der Waals surface area contributed by atoms with Gasteiger partial charge in [0.15, 0.2) is 11.7 Å². The summed E-state index contributed by atoms with van der Waals surface area (Å²) in [7, 11) is 0. The van der Waals surface area contributed by atoms with E-state index < -0.39 is 0 Å². The third kappa shape index (κ3) is 4.45. The summed E-state index contributed by atoms with van der Waals surface area (Å²) >= 11 is 5.95. The highest BCUT2D eigenvalue weighted by atomic mass is 35.5. The minimum absolute atomic E-state index is 0.347. The lowest BCUT2D eigenvalue weighted by Gasteiger charge is -2.36. The van der Waals surface area contributed by atoms with E-state index in [-0.39, 0.29) is 0 Å². The van der Waals surface area contributed by atoms with Crippen molar-refractivity contribution in [3.05, 3.63) is 46.8 Å². The Balaban J connectivity index is 1.53.